The Morgan fingerprint density at radius 2 is 1.59 bits per heavy atom. The minimum atomic E-state index is -0.806. The minimum Gasteiger partial charge on any atom is -0.481 e. The van der Waals surface area contributed by atoms with Gasteiger partial charge in [0.2, 0.25) is 0 Å². The lowest BCUT2D eigenvalue weighted by molar-refractivity contribution is -0.137. The smallest absolute Gasteiger partial charge is 0.303 e. The molecule has 5 rings (SSSR count). The van der Waals surface area contributed by atoms with Crippen molar-refractivity contribution >= 4 is 22.9 Å². The zero-order valence-electron chi connectivity index (χ0n) is 21.7. The first-order valence-electron chi connectivity index (χ1n) is 13.3. The first kappa shape index (κ1) is 26.1. The Bertz CT molecular complexity index is 1520. The predicted octanol–water partition coefficient (Wildman–Crippen LogP) is 5.79. The Kier molecular flexibility index (Phi) is 7.64. The van der Waals surface area contributed by atoms with Gasteiger partial charge in [0.25, 0.3) is 5.91 Å². The maximum absolute atomic E-state index is 13.5. The van der Waals surface area contributed by atoms with Crippen molar-refractivity contribution in [3.05, 3.63) is 95.7 Å². The van der Waals surface area contributed by atoms with Crippen LogP contribution in [0.1, 0.15) is 53.7 Å². The number of nitriles is 1. The highest BCUT2D eigenvalue weighted by atomic mass is 16.4. The summed E-state index contributed by atoms with van der Waals surface area (Å²) in [5.74, 6) is -0.882. The van der Waals surface area contributed by atoms with Gasteiger partial charge in [-0.25, -0.2) is 9.97 Å². The van der Waals surface area contributed by atoms with Crippen LogP contribution in [0.4, 0.5) is 0 Å². The molecule has 0 saturated carbocycles. The molecule has 0 bridgehead atoms. The molecular weight excluding hydrogens is 488 g/mol. The third kappa shape index (κ3) is 5.65. The van der Waals surface area contributed by atoms with Crippen LogP contribution in [0.2, 0.25) is 0 Å². The maximum atomic E-state index is 13.5. The minimum absolute atomic E-state index is 0.0755. The van der Waals surface area contributed by atoms with Crippen LogP contribution in [0.5, 0.6) is 0 Å². The number of likely N-dealkylation sites (tertiary alicyclic amines) is 1. The van der Waals surface area contributed by atoms with Crippen molar-refractivity contribution in [3.63, 3.8) is 0 Å². The van der Waals surface area contributed by atoms with Gasteiger partial charge in [0.15, 0.2) is 0 Å². The van der Waals surface area contributed by atoms with E-state index in [9.17, 15) is 14.9 Å². The topological polar surface area (TPSA) is 107 Å². The lowest BCUT2D eigenvalue weighted by Gasteiger charge is -2.37. The third-order valence-electron chi connectivity index (χ3n) is 7.53. The first-order valence-corrected chi connectivity index (χ1v) is 13.3. The molecule has 7 nitrogen and oxygen atoms in total. The number of benzene rings is 3. The van der Waals surface area contributed by atoms with Crippen LogP contribution >= 0.6 is 0 Å². The highest BCUT2D eigenvalue weighted by Gasteiger charge is 2.37. The molecule has 1 fully saturated rings. The molecule has 7 heteroatoms. The molecule has 1 aliphatic heterocycles. The van der Waals surface area contributed by atoms with E-state index in [0.717, 1.165) is 22.5 Å². The molecular formula is C32H30N4O3. The number of unbranched alkanes of at least 4 members (excludes halogenated alkanes) is 1. The lowest BCUT2D eigenvalue weighted by atomic mass is 9.74. The van der Waals surface area contributed by atoms with Gasteiger partial charge < -0.3 is 10.0 Å². The number of nitrogens with zero attached hydrogens (tertiary/aromatic N) is 4. The molecule has 1 amide bonds. The molecule has 1 N–H and O–H groups in total. The fourth-order valence-electron chi connectivity index (χ4n) is 5.29. The number of hydrogen-bond acceptors (Lipinski definition) is 5. The molecule has 1 aliphatic rings. The summed E-state index contributed by atoms with van der Waals surface area (Å²) in [7, 11) is 0. The van der Waals surface area contributed by atoms with Gasteiger partial charge in [-0.3, -0.25) is 9.59 Å². The molecule has 0 unspecified atom stereocenters. The normalized spacial score (nSPS) is 14.6. The van der Waals surface area contributed by atoms with E-state index in [1.54, 1.807) is 12.1 Å². The summed E-state index contributed by atoms with van der Waals surface area (Å²) in [6, 6.07) is 27.6. The Balaban J connectivity index is 1.38. The standard InChI is InChI=1S/C32H30N4O3/c33-22-32(25-11-5-2-6-12-25)17-19-36(20-18-32)31(39)24-15-16-26-28(21-24)34-27(13-7-8-14-29(37)38)30(35-26)23-9-3-1-4-10-23/h1-6,9-12,15-16,21H,7-8,13-14,17-20H2,(H,37,38). The Morgan fingerprint density at radius 1 is 0.897 bits per heavy atom. The molecule has 1 aromatic heterocycles. The average Bonchev–Trinajstić information content (AvgIpc) is 2.99. The van der Waals surface area contributed by atoms with Crippen LogP contribution in [0.3, 0.4) is 0 Å². The van der Waals surface area contributed by atoms with E-state index in [2.05, 4.69) is 6.07 Å². The second-order valence-corrected chi connectivity index (χ2v) is 10.0. The number of hydrogen-bond donors (Lipinski definition) is 1. The summed E-state index contributed by atoms with van der Waals surface area (Å²) >= 11 is 0. The molecule has 0 aliphatic carbocycles. The number of aliphatic carboxylic acids is 1. The number of aromatic nitrogens is 2. The summed E-state index contributed by atoms with van der Waals surface area (Å²) in [6.45, 7) is 1.01. The van der Waals surface area contributed by atoms with Crippen LogP contribution < -0.4 is 0 Å². The van der Waals surface area contributed by atoms with Crippen LogP contribution in [0, 0.1) is 11.3 Å². The average molecular weight is 519 g/mol. The summed E-state index contributed by atoms with van der Waals surface area (Å²) in [4.78, 5) is 36.0. The molecule has 0 atom stereocenters. The quantitative estimate of drug-likeness (QED) is 0.296. The van der Waals surface area contributed by atoms with Crippen molar-refractivity contribution in [2.45, 2.75) is 43.9 Å². The number of fused-ring (bicyclic) bond motifs is 1. The van der Waals surface area contributed by atoms with Crippen LogP contribution in [-0.2, 0) is 16.6 Å². The molecule has 0 spiro atoms. The van der Waals surface area contributed by atoms with Crippen LogP contribution in [0.25, 0.3) is 22.3 Å². The monoisotopic (exact) mass is 518 g/mol. The van der Waals surface area contributed by atoms with E-state index in [-0.39, 0.29) is 12.3 Å². The van der Waals surface area contributed by atoms with Gasteiger partial charge in [0.1, 0.15) is 0 Å². The van der Waals surface area contributed by atoms with Gasteiger partial charge >= 0.3 is 5.97 Å². The third-order valence-corrected chi connectivity index (χ3v) is 7.53. The van der Waals surface area contributed by atoms with Crippen molar-refractivity contribution in [1.82, 2.24) is 14.9 Å². The number of carbonyl (C=O) groups excluding carboxylic acids is 1. The lowest BCUT2D eigenvalue weighted by Crippen LogP contribution is -2.44. The highest BCUT2D eigenvalue weighted by Crippen LogP contribution is 2.35. The molecule has 3 aromatic carbocycles. The maximum Gasteiger partial charge on any atom is 0.303 e. The number of amides is 1. The molecule has 1 saturated heterocycles. The fraction of sp³-hybridized carbons (Fsp3) is 0.281. The Morgan fingerprint density at radius 3 is 2.26 bits per heavy atom. The first-order chi connectivity index (χ1) is 19.0. The van der Waals surface area contributed by atoms with E-state index in [4.69, 9.17) is 15.1 Å². The van der Waals surface area contributed by atoms with Gasteiger partial charge in [-0.1, -0.05) is 60.7 Å². The second-order valence-electron chi connectivity index (χ2n) is 10.0. The Labute approximate surface area is 227 Å². The molecule has 39 heavy (non-hydrogen) atoms. The van der Waals surface area contributed by atoms with Crippen molar-refractivity contribution in [2.24, 2.45) is 0 Å². The van der Waals surface area contributed by atoms with E-state index in [0.29, 0.717) is 61.8 Å². The molecule has 2 heterocycles. The van der Waals surface area contributed by atoms with Crippen molar-refractivity contribution in [2.75, 3.05) is 13.1 Å². The van der Waals surface area contributed by atoms with Gasteiger partial charge in [-0.2, -0.15) is 5.26 Å². The van der Waals surface area contributed by atoms with Crippen molar-refractivity contribution < 1.29 is 14.7 Å². The number of carboxylic acids is 1. The number of piperidine rings is 1. The number of carboxylic acid groups (broad SMARTS) is 1. The summed E-state index contributed by atoms with van der Waals surface area (Å²) < 4.78 is 0. The largest absolute Gasteiger partial charge is 0.481 e. The van der Waals surface area contributed by atoms with Gasteiger partial charge in [-0.05, 0) is 55.9 Å². The van der Waals surface area contributed by atoms with Gasteiger partial charge in [-0.15, -0.1) is 0 Å². The highest BCUT2D eigenvalue weighted by molar-refractivity contribution is 5.97. The predicted molar refractivity (Wildman–Crippen MR) is 149 cm³/mol. The number of rotatable bonds is 8. The van der Waals surface area contributed by atoms with E-state index in [1.807, 2.05) is 71.6 Å². The number of aryl methyl sites for hydroxylation is 1. The van der Waals surface area contributed by atoms with Crippen LogP contribution in [-0.4, -0.2) is 44.9 Å². The van der Waals surface area contributed by atoms with Crippen LogP contribution in [0.15, 0.2) is 78.9 Å². The number of carbonyl (C=O) groups is 2. The zero-order chi connectivity index (χ0) is 27.2. The zero-order valence-corrected chi connectivity index (χ0v) is 21.7. The summed E-state index contributed by atoms with van der Waals surface area (Å²) in [5, 5.41) is 19.0. The SMILES string of the molecule is N#CC1(c2ccccc2)CCN(C(=O)c2ccc3nc(-c4ccccc4)c(CCCCC(=O)O)nc3c2)CC1. The summed E-state index contributed by atoms with van der Waals surface area (Å²) in [6.07, 6.45) is 3.14. The van der Waals surface area contributed by atoms with Gasteiger partial charge in [0.05, 0.1) is 33.9 Å². The molecule has 4 aromatic rings. The van der Waals surface area contributed by atoms with Crippen molar-refractivity contribution in [1.29, 1.82) is 5.26 Å². The fourth-order valence-corrected chi connectivity index (χ4v) is 5.29. The van der Waals surface area contributed by atoms with E-state index in [1.165, 1.54) is 0 Å². The van der Waals surface area contributed by atoms with Crippen molar-refractivity contribution in [3.8, 4) is 17.3 Å². The molecule has 0 radical (unpaired) electrons. The second kappa shape index (κ2) is 11.4. The van der Waals surface area contributed by atoms with E-state index >= 15 is 0 Å². The Hall–Kier alpha value is -4.57. The van der Waals surface area contributed by atoms with E-state index < -0.39 is 11.4 Å². The molecule has 196 valence electrons. The van der Waals surface area contributed by atoms with Gasteiger partial charge in [0, 0.05) is 30.6 Å². The summed E-state index contributed by atoms with van der Waals surface area (Å²) in [5.41, 5.74) is 4.85.